The van der Waals surface area contributed by atoms with Crippen LogP contribution in [0.15, 0.2) is 34.1 Å². The fourth-order valence-electron chi connectivity index (χ4n) is 2.52. The number of hydrogen-bond donors (Lipinski definition) is 0. The Morgan fingerprint density at radius 3 is 2.81 bits per heavy atom. The van der Waals surface area contributed by atoms with Gasteiger partial charge in [-0.3, -0.25) is 0 Å². The van der Waals surface area contributed by atoms with Crippen LogP contribution in [0, 0.1) is 6.92 Å². The Hall–Kier alpha value is -0.840. The Balaban J connectivity index is 1.94. The fourth-order valence-corrected chi connectivity index (χ4v) is 4.16. The summed E-state index contributed by atoms with van der Waals surface area (Å²) >= 11 is 11.2. The van der Waals surface area contributed by atoms with E-state index in [1.165, 1.54) is 19.7 Å². The minimum atomic E-state index is 0.604. The van der Waals surface area contributed by atoms with E-state index in [4.69, 9.17) is 16.6 Å². The van der Waals surface area contributed by atoms with Gasteiger partial charge in [0.05, 0.1) is 14.8 Å². The van der Waals surface area contributed by atoms with Crippen LogP contribution in [0.3, 0.4) is 0 Å². The highest BCUT2D eigenvalue weighted by Gasteiger charge is 2.11. The third-order valence-electron chi connectivity index (χ3n) is 3.51. The lowest BCUT2D eigenvalue weighted by molar-refractivity contribution is 0.679. The average molecular weight is 384 g/mol. The van der Waals surface area contributed by atoms with Gasteiger partial charge in [-0.15, -0.1) is 22.9 Å². The zero-order chi connectivity index (χ0) is 14.8. The van der Waals surface area contributed by atoms with Gasteiger partial charge >= 0.3 is 0 Å². The summed E-state index contributed by atoms with van der Waals surface area (Å²) in [6, 6.07) is 10.7. The molecule has 1 aromatic carbocycles. The van der Waals surface area contributed by atoms with E-state index in [0.29, 0.717) is 5.88 Å². The van der Waals surface area contributed by atoms with Gasteiger partial charge < -0.3 is 4.57 Å². The fraction of sp³-hybridized carbons (Fsp3) is 0.312. The lowest BCUT2D eigenvalue weighted by Gasteiger charge is -2.08. The summed E-state index contributed by atoms with van der Waals surface area (Å²) in [5.74, 6) is 1.69. The van der Waals surface area contributed by atoms with Crippen LogP contribution >= 0.6 is 38.9 Å². The third kappa shape index (κ3) is 3.33. The number of nitrogens with zero attached hydrogens (tertiary/aromatic N) is 2. The van der Waals surface area contributed by atoms with Crippen molar-refractivity contribution < 1.29 is 0 Å². The highest BCUT2D eigenvalue weighted by molar-refractivity contribution is 9.11. The maximum atomic E-state index is 5.93. The Morgan fingerprint density at radius 1 is 1.24 bits per heavy atom. The van der Waals surface area contributed by atoms with Crippen molar-refractivity contribution in [2.45, 2.75) is 26.3 Å². The van der Waals surface area contributed by atoms with Gasteiger partial charge in [-0.2, -0.15) is 0 Å². The molecule has 0 atom stereocenters. The molecule has 3 rings (SSSR count). The van der Waals surface area contributed by atoms with Crippen molar-refractivity contribution in [1.82, 2.24) is 9.55 Å². The molecule has 3 aromatic rings. The molecule has 2 aromatic heterocycles. The number of fused-ring (bicyclic) bond motifs is 1. The quantitative estimate of drug-likeness (QED) is 0.554. The number of aromatic nitrogens is 2. The second kappa shape index (κ2) is 6.51. The maximum Gasteiger partial charge on any atom is 0.111 e. The number of rotatable bonds is 5. The van der Waals surface area contributed by atoms with Gasteiger partial charge in [0.2, 0.25) is 0 Å². The Morgan fingerprint density at radius 2 is 2.10 bits per heavy atom. The summed E-state index contributed by atoms with van der Waals surface area (Å²) < 4.78 is 3.50. The number of aryl methyl sites for hydroxylation is 4. The molecule has 0 aliphatic carbocycles. The summed E-state index contributed by atoms with van der Waals surface area (Å²) in [5, 5.41) is 0. The van der Waals surface area contributed by atoms with Crippen molar-refractivity contribution in [3.8, 4) is 0 Å². The number of thiophene rings is 1. The first kappa shape index (κ1) is 15.1. The maximum absolute atomic E-state index is 5.93. The van der Waals surface area contributed by atoms with E-state index in [1.807, 2.05) is 0 Å². The van der Waals surface area contributed by atoms with Crippen molar-refractivity contribution in [1.29, 1.82) is 0 Å². The van der Waals surface area contributed by atoms with Gasteiger partial charge in [0, 0.05) is 23.7 Å². The number of halogens is 2. The van der Waals surface area contributed by atoms with Crippen LogP contribution in [-0.2, 0) is 19.4 Å². The first-order valence-electron chi connectivity index (χ1n) is 6.93. The van der Waals surface area contributed by atoms with Crippen LogP contribution < -0.4 is 0 Å². The second-order valence-electron chi connectivity index (χ2n) is 5.07. The minimum absolute atomic E-state index is 0.604. The molecular weight excluding hydrogens is 368 g/mol. The lowest BCUT2D eigenvalue weighted by atomic mass is 10.2. The highest BCUT2D eigenvalue weighted by Crippen LogP contribution is 2.24. The molecule has 0 bridgehead atoms. The first-order chi connectivity index (χ1) is 10.2. The molecular formula is C16H16BrClN2S. The van der Waals surface area contributed by atoms with Crippen molar-refractivity contribution in [3.05, 3.63) is 50.4 Å². The standard InChI is InChI=1S/C16H16BrClN2S/c1-11-2-4-13-14(10-11)20(16(19-13)6-8-18)9-7-12-3-5-15(17)21-12/h2-5,10H,6-9H2,1H3. The molecule has 2 nitrogen and oxygen atoms in total. The molecule has 21 heavy (non-hydrogen) atoms. The van der Waals surface area contributed by atoms with Gasteiger partial charge in [-0.25, -0.2) is 4.98 Å². The van der Waals surface area contributed by atoms with Crippen molar-refractivity contribution in [2.75, 3.05) is 5.88 Å². The normalized spacial score (nSPS) is 11.4. The van der Waals surface area contributed by atoms with Crippen LogP contribution in [0.25, 0.3) is 11.0 Å². The van der Waals surface area contributed by atoms with Gasteiger partial charge in [-0.1, -0.05) is 6.07 Å². The van der Waals surface area contributed by atoms with E-state index >= 15 is 0 Å². The highest BCUT2D eigenvalue weighted by atomic mass is 79.9. The molecule has 0 saturated heterocycles. The van der Waals surface area contributed by atoms with Crippen LogP contribution in [0.1, 0.15) is 16.3 Å². The van der Waals surface area contributed by atoms with Crippen LogP contribution in [0.2, 0.25) is 0 Å². The molecule has 5 heteroatoms. The van der Waals surface area contributed by atoms with Gasteiger partial charge in [0.1, 0.15) is 5.82 Å². The molecule has 0 amide bonds. The lowest BCUT2D eigenvalue weighted by Crippen LogP contribution is -2.06. The summed E-state index contributed by atoms with van der Waals surface area (Å²) in [6.45, 7) is 3.06. The first-order valence-corrected chi connectivity index (χ1v) is 9.07. The molecule has 0 aliphatic heterocycles. The van der Waals surface area contributed by atoms with Crippen LogP contribution in [-0.4, -0.2) is 15.4 Å². The second-order valence-corrected chi connectivity index (χ2v) is 7.99. The number of hydrogen-bond acceptors (Lipinski definition) is 2. The topological polar surface area (TPSA) is 17.8 Å². The molecule has 0 unspecified atom stereocenters. The van der Waals surface area contributed by atoms with Crippen LogP contribution in [0.4, 0.5) is 0 Å². The largest absolute Gasteiger partial charge is 0.328 e. The van der Waals surface area contributed by atoms with E-state index in [-0.39, 0.29) is 0 Å². The van der Waals surface area contributed by atoms with Gasteiger partial charge in [0.15, 0.2) is 0 Å². The van der Waals surface area contributed by atoms with E-state index in [1.54, 1.807) is 11.3 Å². The summed E-state index contributed by atoms with van der Waals surface area (Å²) in [7, 11) is 0. The van der Waals surface area contributed by atoms with E-state index in [2.05, 4.69) is 57.8 Å². The number of benzene rings is 1. The van der Waals surface area contributed by atoms with Gasteiger partial charge in [0.25, 0.3) is 0 Å². The van der Waals surface area contributed by atoms with Crippen molar-refractivity contribution >= 4 is 49.9 Å². The summed E-state index contributed by atoms with van der Waals surface area (Å²) in [6.07, 6.45) is 1.83. The average Bonchev–Trinajstić information content (AvgIpc) is 3.01. The number of alkyl halides is 1. The zero-order valence-electron chi connectivity index (χ0n) is 11.8. The Labute approximate surface area is 141 Å². The molecule has 0 aliphatic rings. The third-order valence-corrected chi connectivity index (χ3v) is 5.38. The zero-order valence-corrected chi connectivity index (χ0v) is 14.9. The predicted molar refractivity (Wildman–Crippen MR) is 94.6 cm³/mol. The van der Waals surface area contributed by atoms with Crippen LogP contribution in [0.5, 0.6) is 0 Å². The molecule has 0 radical (unpaired) electrons. The van der Waals surface area contributed by atoms with E-state index in [9.17, 15) is 0 Å². The Kier molecular flexibility index (Phi) is 4.67. The smallest absolute Gasteiger partial charge is 0.111 e. The molecule has 0 fully saturated rings. The molecule has 2 heterocycles. The monoisotopic (exact) mass is 382 g/mol. The molecule has 0 N–H and O–H groups in total. The SMILES string of the molecule is Cc1ccc2nc(CCCl)n(CCc3ccc(Br)s3)c2c1. The number of imidazole rings is 1. The van der Waals surface area contributed by atoms with E-state index < -0.39 is 0 Å². The summed E-state index contributed by atoms with van der Waals surface area (Å²) in [4.78, 5) is 6.12. The predicted octanol–water partition coefficient (Wildman–Crippen LogP) is 5.19. The molecule has 110 valence electrons. The molecule has 0 saturated carbocycles. The molecule has 0 spiro atoms. The minimum Gasteiger partial charge on any atom is -0.328 e. The Bertz CT molecular complexity index is 763. The van der Waals surface area contributed by atoms with Crippen molar-refractivity contribution in [2.24, 2.45) is 0 Å². The van der Waals surface area contributed by atoms with Crippen molar-refractivity contribution in [3.63, 3.8) is 0 Å². The summed E-state index contributed by atoms with van der Waals surface area (Å²) in [5.41, 5.74) is 3.54. The van der Waals surface area contributed by atoms with Gasteiger partial charge in [-0.05, 0) is 59.1 Å². The van der Waals surface area contributed by atoms with E-state index in [0.717, 1.165) is 30.7 Å².